The van der Waals surface area contributed by atoms with E-state index in [1.54, 1.807) is 0 Å². The fraction of sp³-hybridized carbons (Fsp3) is 0.438. The fourth-order valence-electron chi connectivity index (χ4n) is 4.08. The molecule has 1 amide bonds. The second kappa shape index (κ2) is 4.35. The summed E-state index contributed by atoms with van der Waals surface area (Å²) in [4.78, 5) is 15.6. The Morgan fingerprint density at radius 1 is 1.25 bits per heavy atom. The minimum absolute atomic E-state index is 0.00401. The van der Waals surface area contributed by atoms with E-state index in [2.05, 4.69) is 10.3 Å². The van der Waals surface area contributed by atoms with Crippen molar-refractivity contribution in [1.82, 2.24) is 4.98 Å². The Labute approximate surface area is 117 Å². The number of carbonyl (C=O) groups excluding carboxylic acids is 1. The third-order valence-electron chi connectivity index (χ3n) is 5.10. The average Bonchev–Trinajstić information content (AvgIpc) is 3.12. The van der Waals surface area contributed by atoms with E-state index < -0.39 is 0 Å². The summed E-state index contributed by atoms with van der Waals surface area (Å²) in [6.07, 6.45) is 5.40. The van der Waals surface area contributed by atoms with E-state index in [0.29, 0.717) is 11.8 Å². The van der Waals surface area contributed by atoms with E-state index in [9.17, 15) is 4.79 Å². The van der Waals surface area contributed by atoms with Crippen molar-refractivity contribution in [2.75, 3.05) is 5.32 Å². The third-order valence-corrected chi connectivity index (χ3v) is 5.10. The molecule has 1 aromatic carbocycles. The lowest BCUT2D eigenvalue weighted by atomic mass is 9.84. The maximum atomic E-state index is 12.5. The molecule has 4 heteroatoms. The Morgan fingerprint density at radius 2 is 2.10 bits per heavy atom. The summed E-state index contributed by atoms with van der Waals surface area (Å²) in [5, 5.41) is 4.16. The molecule has 2 aliphatic rings. The van der Waals surface area contributed by atoms with Crippen LogP contribution in [0.4, 0.5) is 5.69 Å². The summed E-state index contributed by atoms with van der Waals surface area (Å²) in [5.74, 6) is 1.14. The Bertz CT molecular complexity index is 661. The highest BCUT2D eigenvalue weighted by Crippen LogP contribution is 2.47. The monoisotopic (exact) mass is 269 g/mol. The minimum Gasteiger partial charge on any atom is -0.361 e. The quantitative estimate of drug-likeness (QED) is 0.783. The van der Waals surface area contributed by atoms with Crippen LogP contribution in [-0.4, -0.2) is 16.9 Å². The molecule has 0 spiro atoms. The minimum atomic E-state index is -0.00401. The molecule has 20 heavy (non-hydrogen) atoms. The average molecular weight is 269 g/mol. The first kappa shape index (κ1) is 12.0. The summed E-state index contributed by atoms with van der Waals surface area (Å²) in [6.45, 7) is 0. The summed E-state index contributed by atoms with van der Waals surface area (Å²) < 4.78 is 0. The van der Waals surface area contributed by atoms with Crippen molar-refractivity contribution in [3.8, 4) is 0 Å². The molecule has 4 unspecified atom stereocenters. The molecular weight excluding hydrogens is 250 g/mol. The Kier molecular flexibility index (Phi) is 2.60. The van der Waals surface area contributed by atoms with Gasteiger partial charge in [-0.05, 0) is 55.4 Å². The number of hydrogen-bond donors (Lipinski definition) is 3. The number of benzene rings is 1. The summed E-state index contributed by atoms with van der Waals surface area (Å²) in [6, 6.07) is 7.99. The van der Waals surface area contributed by atoms with Crippen LogP contribution in [0.2, 0.25) is 0 Å². The van der Waals surface area contributed by atoms with E-state index in [0.717, 1.165) is 29.4 Å². The molecule has 4 nitrogen and oxygen atoms in total. The largest absolute Gasteiger partial charge is 0.361 e. The van der Waals surface area contributed by atoms with Gasteiger partial charge in [-0.2, -0.15) is 0 Å². The first-order chi connectivity index (χ1) is 9.72. The van der Waals surface area contributed by atoms with Crippen molar-refractivity contribution in [1.29, 1.82) is 0 Å². The number of fused-ring (bicyclic) bond motifs is 3. The Balaban J connectivity index is 1.54. The zero-order valence-corrected chi connectivity index (χ0v) is 11.3. The number of hydrogen-bond acceptors (Lipinski definition) is 2. The Morgan fingerprint density at radius 3 is 2.90 bits per heavy atom. The molecule has 4 atom stereocenters. The Hall–Kier alpha value is -1.81. The van der Waals surface area contributed by atoms with Gasteiger partial charge in [-0.15, -0.1) is 0 Å². The number of nitrogens with one attached hydrogen (secondary N) is 2. The number of rotatable bonds is 2. The molecule has 4 N–H and O–H groups in total. The van der Waals surface area contributed by atoms with Gasteiger partial charge in [0.2, 0.25) is 5.91 Å². The van der Waals surface area contributed by atoms with Crippen LogP contribution in [0.25, 0.3) is 10.9 Å². The van der Waals surface area contributed by atoms with E-state index in [4.69, 9.17) is 5.73 Å². The zero-order chi connectivity index (χ0) is 13.7. The van der Waals surface area contributed by atoms with Gasteiger partial charge in [0.15, 0.2) is 0 Å². The van der Waals surface area contributed by atoms with Crippen molar-refractivity contribution in [2.24, 2.45) is 23.5 Å². The van der Waals surface area contributed by atoms with Crippen molar-refractivity contribution < 1.29 is 4.79 Å². The standard InChI is InChI=1S/C16H19N3O/c17-15-11-2-1-10(7-11)14(15)16(20)19-12-3-4-13-9(8-12)5-6-18-13/h3-6,8,10-11,14-15,18H,1-2,7,17H2,(H,19,20). The van der Waals surface area contributed by atoms with Gasteiger partial charge in [0, 0.05) is 28.8 Å². The van der Waals surface area contributed by atoms with Gasteiger partial charge in [-0.3, -0.25) is 4.79 Å². The summed E-state index contributed by atoms with van der Waals surface area (Å²) in [5.41, 5.74) is 8.17. The lowest BCUT2D eigenvalue weighted by Crippen LogP contribution is -2.42. The predicted molar refractivity (Wildman–Crippen MR) is 79.2 cm³/mol. The second-order valence-electron chi connectivity index (χ2n) is 6.21. The molecule has 1 aromatic heterocycles. The van der Waals surface area contributed by atoms with Crippen molar-refractivity contribution in [2.45, 2.75) is 25.3 Å². The summed E-state index contributed by atoms with van der Waals surface area (Å²) in [7, 11) is 0. The normalized spacial score (nSPS) is 31.9. The second-order valence-corrected chi connectivity index (χ2v) is 6.21. The maximum Gasteiger partial charge on any atom is 0.229 e. The molecule has 0 aliphatic heterocycles. The molecule has 104 valence electrons. The molecule has 2 bridgehead atoms. The van der Waals surface area contributed by atoms with Crippen LogP contribution in [0.5, 0.6) is 0 Å². The van der Waals surface area contributed by atoms with Gasteiger partial charge >= 0.3 is 0 Å². The first-order valence-corrected chi connectivity index (χ1v) is 7.36. The highest BCUT2D eigenvalue weighted by atomic mass is 16.2. The van der Waals surface area contributed by atoms with Crippen LogP contribution >= 0.6 is 0 Å². The van der Waals surface area contributed by atoms with Crippen LogP contribution in [0, 0.1) is 17.8 Å². The van der Waals surface area contributed by atoms with Gasteiger partial charge in [-0.25, -0.2) is 0 Å². The van der Waals surface area contributed by atoms with E-state index in [-0.39, 0.29) is 17.9 Å². The lowest BCUT2D eigenvalue weighted by Gasteiger charge is -2.27. The smallest absolute Gasteiger partial charge is 0.229 e. The highest BCUT2D eigenvalue weighted by Gasteiger charge is 2.49. The summed E-state index contributed by atoms with van der Waals surface area (Å²) >= 11 is 0. The van der Waals surface area contributed by atoms with E-state index in [1.807, 2.05) is 30.5 Å². The molecule has 2 saturated carbocycles. The SMILES string of the molecule is NC1C2CCC(C2)C1C(=O)Nc1ccc2[nH]ccc2c1. The highest BCUT2D eigenvalue weighted by molar-refractivity contribution is 5.95. The number of aromatic nitrogens is 1. The molecule has 4 rings (SSSR count). The van der Waals surface area contributed by atoms with E-state index >= 15 is 0 Å². The number of amides is 1. The van der Waals surface area contributed by atoms with Crippen molar-refractivity contribution >= 4 is 22.5 Å². The van der Waals surface area contributed by atoms with Gasteiger partial charge in [-0.1, -0.05) is 0 Å². The van der Waals surface area contributed by atoms with Gasteiger partial charge in [0.05, 0.1) is 5.92 Å². The predicted octanol–water partition coefficient (Wildman–Crippen LogP) is 2.48. The van der Waals surface area contributed by atoms with Gasteiger partial charge < -0.3 is 16.0 Å². The molecule has 2 aliphatic carbocycles. The van der Waals surface area contributed by atoms with Gasteiger partial charge in [0.1, 0.15) is 0 Å². The molecule has 2 fully saturated rings. The van der Waals surface area contributed by atoms with Crippen molar-refractivity contribution in [3.63, 3.8) is 0 Å². The first-order valence-electron chi connectivity index (χ1n) is 7.36. The lowest BCUT2D eigenvalue weighted by molar-refractivity contribution is -0.121. The van der Waals surface area contributed by atoms with Crippen LogP contribution in [0.1, 0.15) is 19.3 Å². The number of nitrogens with two attached hydrogens (primary N) is 1. The number of aromatic amines is 1. The molecular formula is C16H19N3O. The van der Waals surface area contributed by atoms with Crippen molar-refractivity contribution in [3.05, 3.63) is 30.5 Å². The van der Waals surface area contributed by atoms with Crippen LogP contribution < -0.4 is 11.1 Å². The fourth-order valence-corrected chi connectivity index (χ4v) is 4.08. The van der Waals surface area contributed by atoms with Crippen LogP contribution in [-0.2, 0) is 4.79 Å². The molecule has 0 radical (unpaired) electrons. The number of carbonyl (C=O) groups is 1. The number of H-pyrrole nitrogens is 1. The van der Waals surface area contributed by atoms with Gasteiger partial charge in [0.25, 0.3) is 0 Å². The zero-order valence-electron chi connectivity index (χ0n) is 11.3. The topological polar surface area (TPSA) is 70.9 Å². The van der Waals surface area contributed by atoms with Crippen LogP contribution in [0.15, 0.2) is 30.5 Å². The molecule has 0 saturated heterocycles. The van der Waals surface area contributed by atoms with E-state index in [1.165, 1.54) is 6.42 Å². The molecule has 2 aromatic rings. The molecule has 1 heterocycles. The third kappa shape index (κ3) is 1.75. The number of anilines is 1. The van der Waals surface area contributed by atoms with Crippen LogP contribution in [0.3, 0.4) is 0 Å². The maximum absolute atomic E-state index is 12.5.